The Balaban J connectivity index is 1.64. The van der Waals surface area contributed by atoms with Crippen molar-refractivity contribution in [2.24, 2.45) is 0 Å². The van der Waals surface area contributed by atoms with Crippen molar-refractivity contribution in [1.29, 1.82) is 0 Å². The van der Waals surface area contributed by atoms with E-state index in [0.29, 0.717) is 22.2 Å². The normalized spacial score (nSPS) is 10.5. The van der Waals surface area contributed by atoms with E-state index in [1.54, 1.807) is 50.4 Å². The summed E-state index contributed by atoms with van der Waals surface area (Å²) in [6.07, 6.45) is 3.03. The third kappa shape index (κ3) is 4.15. The van der Waals surface area contributed by atoms with E-state index in [1.807, 2.05) is 6.07 Å². The third-order valence-corrected chi connectivity index (χ3v) is 4.38. The fraction of sp³-hybridized carbons (Fsp3) is 0.158. The quantitative estimate of drug-likeness (QED) is 0.682. The molecule has 0 saturated heterocycles. The van der Waals surface area contributed by atoms with Crippen molar-refractivity contribution in [2.75, 3.05) is 11.9 Å². The Hall–Kier alpha value is -3.19. The molecule has 2 aromatic heterocycles. The maximum Gasteiger partial charge on any atom is 0.342 e. The van der Waals surface area contributed by atoms with Crippen LogP contribution in [-0.4, -0.2) is 33.2 Å². The van der Waals surface area contributed by atoms with Crippen molar-refractivity contribution in [2.45, 2.75) is 13.8 Å². The minimum Gasteiger partial charge on any atom is -0.452 e. The zero-order valence-electron chi connectivity index (χ0n) is 14.8. The van der Waals surface area contributed by atoms with Gasteiger partial charge in [-0.05, 0) is 43.7 Å². The molecule has 0 aliphatic heterocycles. The number of carbonyl (C=O) groups excluding carboxylic acids is 2. The monoisotopic (exact) mass is 384 g/mol. The van der Waals surface area contributed by atoms with Gasteiger partial charge in [-0.25, -0.2) is 14.5 Å². The van der Waals surface area contributed by atoms with E-state index in [1.165, 1.54) is 10.9 Å². The largest absolute Gasteiger partial charge is 0.452 e. The summed E-state index contributed by atoms with van der Waals surface area (Å²) >= 11 is 6.02. The van der Waals surface area contributed by atoms with Crippen LogP contribution in [0.2, 0.25) is 5.02 Å². The summed E-state index contributed by atoms with van der Waals surface area (Å²) in [6.45, 7) is 3.10. The summed E-state index contributed by atoms with van der Waals surface area (Å²) in [7, 11) is 0. The van der Waals surface area contributed by atoms with Gasteiger partial charge in [-0.2, -0.15) is 5.10 Å². The second-order valence-electron chi connectivity index (χ2n) is 5.78. The Morgan fingerprint density at radius 1 is 1.19 bits per heavy atom. The van der Waals surface area contributed by atoms with Crippen molar-refractivity contribution in [3.63, 3.8) is 0 Å². The molecule has 1 aromatic carbocycles. The third-order valence-electron chi connectivity index (χ3n) is 3.97. The second-order valence-corrected chi connectivity index (χ2v) is 6.19. The van der Waals surface area contributed by atoms with Gasteiger partial charge in [0.25, 0.3) is 5.91 Å². The minimum atomic E-state index is -0.632. The Kier molecular flexibility index (Phi) is 5.52. The Bertz CT molecular complexity index is 986. The van der Waals surface area contributed by atoms with Gasteiger partial charge in [-0.15, -0.1) is 0 Å². The maximum absolute atomic E-state index is 12.3. The number of esters is 1. The van der Waals surface area contributed by atoms with Gasteiger partial charge in [0.15, 0.2) is 12.4 Å². The van der Waals surface area contributed by atoms with Gasteiger partial charge in [-0.1, -0.05) is 23.7 Å². The van der Waals surface area contributed by atoms with Crippen LogP contribution in [0.4, 0.5) is 5.69 Å². The number of carbonyl (C=O) groups is 2. The van der Waals surface area contributed by atoms with Crippen LogP contribution in [0.15, 0.2) is 48.8 Å². The van der Waals surface area contributed by atoms with Gasteiger partial charge in [-0.3, -0.25) is 4.79 Å². The van der Waals surface area contributed by atoms with E-state index in [-0.39, 0.29) is 5.56 Å². The number of halogens is 1. The maximum atomic E-state index is 12.3. The molecule has 27 heavy (non-hydrogen) atoms. The van der Waals surface area contributed by atoms with Crippen molar-refractivity contribution < 1.29 is 14.3 Å². The van der Waals surface area contributed by atoms with E-state index in [2.05, 4.69) is 15.4 Å². The highest BCUT2D eigenvalue weighted by Gasteiger charge is 2.18. The molecule has 1 amide bonds. The zero-order chi connectivity index (χ0) is 19.4. The highest BCUT2D eigenvalue weighted by molar-refractivity contribution is 6.31. The first kappa shape index (κ1) is 18.6. The van der Waals surface area contributed by atoms with Crippen LogP contribution >= 0.6 is 11.6 Å². The Labute approximate surface area is 160 Å². The molecule has 0 unspecified atom stereocenters. The van der Waals surface area contributed by atoms with Gasteiger partial charge in [0.1, 0.15) is 5.56 Å². The summed E-state index contributed by atoms with van der Waals surface area (Å²) in [5, 5.41) is 7.38. The molecule has 7 nitrogen and oxygen atoms in total. The van der Waals surface area contributed by atoms with Crippen molar-refractivity contribution in [1.82, 2.24) is 14.8 Å². The average molecular weight is 385 g/mol. The summed E-state index contributed by atoms with van der Waals surface area (Å²) < 4.78 is 6.64. The summed E-state index contributed by atoms with van der Waals surface area (Å²) in [4.78, 5) is 28.5. The molecule has 0 radical (unpaired) electrons. The van der Waals surface area contributed by atoms with Gasteiger partial charge < -0.3 is 10.1 Å². The molecule has 0 bridgehead atoms. The highest BCUT2D eigenvalue weighted by Crippen LogP contribution is 2.22. The number of anilines is 1. The van der Waals surface area contributed by atoms with Gasteiger partial charge in [0.05, 0.1) is 11.9 Å². The van der Waals surface area contributed by atoms with E-state index in [0.717, 1.165) is 5.56 Å². The molecule has 3 rings (SSSR count). The lowest BCUT2D eigenvalue weighted by molar-refractivity contribution is -0.119. The highest BCUT2D eigenvalue weighted by atomic mass is 35.5. The van der Waals surface area contributed by atoms with Crippen LogP contribution < -0.4 is 5.32 Å². The first-order valence-corrected chi connectivity index (χ1v) is 8.53. The SMILES string of the molecule is Cc1c(Cl)cccc1NC(=O)COC(=O)c1cnn(-c2ccccn2)c1C. The second kappa shape index (κ2) is 8.01. The molecule has 138 valence electrons. The average Bonchev–Trinajstić information content (AvgIpc) is 3.06. The molecule has 0 saturated carbocycles. The number of ether oxygens (including phenoxy) is 1. The van der Waals surface area contributed by atoms with E-state index in [4.69, 9.17) is 16.3 Å². The number of amides is 1. The first-order chi connectivity index (χ1) is 13.0. The van der Waals surface area contributed by atoms with E-state index in [9.17, 15) is 9.59 Å². The fourth-order valence-electron chi connectivity index (χ4n) is 2.46. The number of aromatic nitrogens is 3. The van der Waals surface area contributed by atoms with Gasteiger partial charge in [0.2, 0.25) is 0 Å². The molecule has 2 heterocycles. The molecule has 0 atom stereocenters. The van der Waals surface area contributed by atoms with Gasteiger partial charge >= 0.3 is 5.97 Å². The molecular formula is C19H17ClN4O3. The first-order valence-electron chi connectivity index (χ1n) is 8.15. The molecule has 0 aliphatic rings. The predicted molar refractivity (Wildman–Crippen MR) is 101 cm³/mol. The Morgan fingerprint density at radius 3 is 2.74 bits per heavy atom. The molecule has 0 fully saturated rings. The number of hydrogen-bond donors (Lipinski definition) is 1. The van der Waals surface area contributed by atoms with Crippen LogP contribution in [0.5, 0.6) is 0 Å². The summed E-state index contributed by atoms with van der Waals surface area (Å²) in [6, 6.07) is 10.6. The summed E-state index contributed by atoms with van der Waals surface area (Å²) in [5.74, 6) is -0.501. The number of nitrogens with one attached hydrogen (secondary N) is 1. The Morgan fingerprint density at radius 2 is 2.00 bits per heavy atom. The topological polar surface area (TPSA) is 86.1 Å². The number of hydrogen-bond acceptors (Lipinski definition) is 5. The van der Waals surface area contributed by atoms with Crippen LogP contribution in [0.1, 0.15) is 21.6 Å². The standard InChI is InChI=1S/C19H17ClN4O3/c1-12-15(20)6-5-7-16(12)23-18(25)11-27-19(26)14-10-22-24(13(14)2)17-8-3-4-9-21-17/h3-10H,11H2,1-2H3,(H,23,25). The number of rotatable bonds is 5. The minimum absolute atomic E-state index is 0.271. The smallest absolute Gasteiger partial charge is 0.342 e. The lowest BCUT2D eigenvalue weighted by atomic mass is 10.2. The molecule has 8 heteroatoms. The zero-order valence-corrected chi connectivity index (χ0v) is 15.5. The lowest BCUT2D eigenvalue weighted by Gasteiger charge is -2.10. The van der Waals surface area contributed by atoms with Crippen molar-refractivity contribution >= 4 is 29.2 Å². The van der Waals surface area contributed by atoms with Crippen LogP contribution in [-0.2, 0) is 9.53 Å². The van der Waals surface area contributed by atoms with Crippen molar-refractivity contribution in [3.05, 3.63) is 70.6 Å². The molecular weight excluding hydrogens is 368 g/mol. The van der Waals surface area contributed by atoms with Crippen LogP contribution in [0, 0.1) is 13.8 Å². The molecule has 0 spiro atoms. The van der Waals surface area contributed by atoms with E-state index >= 15 is 0 Å². The lowest BCUT2D eigenvalue weighted by Crippen LogP contribution is -2.21. The van der Waals surface area contributed by atoms with Crippen LogP contribution in [0.25, 0.3) is 5.82 Å². The number of benzene rings is 1. The molecule has 3 aromatic rings. The molecule has 0 aliphatic carbocycles. The predicted octanol–water partition coefficient (Wildman–Crippen LogP) is 3.33. The van der Waals surface area contributed by atoms with Crippen molar-refractivity contribution in [3.8, 4) is 5.82 Å². The number of pyridine rings is 1. The van der Waals surface area contributed by atoms with Gasteiger partial charge in [0, 0.05) is 16.9 Å². The summed E-state index contributed by atoms with van der Waals surface area (Å²) in [5.41, 5.74) is 2.16. The molecule has 1 N–H and O–H groups in total. The number of nitrogens with zero attached hydrogens (tertiary/aromatic N) is 3. The fourth-order valence-corrected chi connectivity index (χ4v) is 2.63. The van der Waals surface area contributed by atoms with Crippen LogP contribution in [0.3, 0.4) is 0 Å². The van der Waals surface area contributed by atoms with E-state index < -0.39 is 18.5 Å².